The van der Waals surface area contributed by atoms with E-state index in [4.69, 9.17) is 5.11 Å². The number of aliphatic carboxylic acids is 1. The monoisotopic (exact) mass is 284 g/mol. The third kappa shape index (κ3) is 2.73. The number of hydrogen-bond donors (Lipinski definition) is 1. The van der Waals surface area contributed by atoms with Crippen molar-refractivity contribution in [2.75, 3.05) is 7.05 Å². The van der Waals surface area contributed by atoms with Crippen molar-refractivity contribution < 1.29 is 24.0 Å². The first kappa shape index (κ1) is 15.5. The van der Waals surface area contributed by atoms with Crippen molar-refractivity contribution in [2.24, 2.45) is 0 Å². The van der Waals surface area contributed by atoms with Crippen molar-refractivity contribution in [3.63, 3.8) is 0 Å². The van der Waals surface area contributed by atoms with Gasteiger partial charge in [0.15, 0.2) is 0 Å². The molecule has 1 aromatic carbocycles. The standard InChI is InChI=1S/C12H13FN2O5/c1-12(2,11(17)18)14(3)10(16)8-6-7(13)4-5-9(8)15(19)20/h4-6H,1-3H3,(H,17,18). The zero-order valence-corrected chi connectivity index (χ0v) is 11.1. The first-order chi connectivity index (χ1) is 9.09. The molecule has 1 amide bonds. The summed E-state index contributed by atoms with van der Waals surface area (Å²) >= 11 is 0. The van der Waals surface area contributed by atoms with Crippen molar-refractivity contribution in [2.45, 2.75) is 19.4 Å². The van der Waals surface area contributed by atoms with Crippen molar-refractivity contribution in [1.29, 1.82) is 0 Å². The fraction of sp³-hybridized carbons (Fsp3) is 0.333. The van der Waals surface area contributed by atoms with E-state index >= 15 is 0 Å². The molecule has 0 aliphatic rings. The first-order valence-electron chi connectivity index (χ1n) is 5.54. The zero-order chi connectivity index (χ0) is 15.7. The fourth-order valence-electron chi connectivity index (χ4n) is 1.42. The van der Waals surface area contributed by atoms with Gasteiger partial charge in [-0.3, -0.25) is 14.9 Å². The summed E-state index contributed by atoms with van der Waals surface area (Å²) in [6.07, 6.45) is 0. The van der Waals surface area contributed by atoms with E-state index in [1.165, 1.54) is 20.9 Å². The maximum atomic E-state index is 13.2. The number of nitro benzene ring substituents is 1. The smallest absolute Gasteiger partial charge is 0.329 e. The highest BCUT2D eigenvalue weighted by Crippen LogP contribution is 2.24. The number of hydrogen-bond acceptors (Lipinski definition) is 4. The Balaban J connectivity index is 3.31. The number of likely N-dealkylation sites (N-methyl/N-ethyl adjacent to an activating group) is 1. The lowest BCUT2D eigenvalue weighted by Crippen LogP contribution is -2.50. The van der Waals surface area contributed by atoms with Gasteiger partial charge in [-0.1, -0.05) is 0 Å². The van der Waals surface area contributed by atoms with Crippen LogP contribution in [0.5, 0.6) is 0 Å². The number of benzene rings is 1. The average Bonchev–Trinajstić information content (AvgIpc) is 2.36. The van der Waals surface area contributed by atoms with Gasteiger partial charge in [-0.25, -0.2) is 9.18 Å². The molecule has 1 aromatic rings. The van der Waals surface area contributed by atoms with Crippen LogP contribution in [0.4, 0.5) is 10.1 Å². The summed E-state index contributed by atoms with van der Waals surface area (Å²) in [6, 6.07) is 2.44. The molecule has 8 heteroatoms. The number of carbonyl (C=O) groups is 2. The Labute approximate surface area is 113 Å². The van der Waals surface area contributed by atoms with Crippen LogP contribution in [0.15, 0.2) is 18.2 Å². The van der Waals surface area contributed by atoms with Gasteiger partial charge in [0.25, 0.3) is 11.6 Å². The third-order valence-electron chi connectivity index (χ3n) is 3.05. The van der Waals surface area contributed by atoms with Crippen LogP contribution in [0.3, 0.4) is 0 Å². The van der Waals surface area contributed by atoms with Gasteiger partial charge in [-0.05, 0) is 26.0 Å². The van der Waals surface area contributed by atoms with Crippen LogP contribution in [0.1, 0.15) is 24.2 Å². The van der Waals surface area contributed by atoms with E-state index in [9.17, 15) is 24.1 Å². The molecule has 0 spiro atoms. The quantitative estimate of drug-likeness (QED) is 0.669. The van der Waals surface area contributed by atoms with E-state index in [1.54, 1.807) is 0 Å². The van der Waals surface area contributed by atoms with Crippen molar-refractivity contribution in [1.82, 2.24) is 4.90 Å². The lowest BCUT2D eigenvalue weighted by Gasteiger charge is -2.31. The molecule has 7 nitrogen and oxygen atoms in total. The van der Waals surface area contributed by atoms with Crippen LogP contribution >= 0.6 is 0 Å². The second-order valence-corrected chi connectivity index (χ2v) is 4.65. The zero-order valence-electron chi connectivity index (χ0n) is 11.1. The topological polar surface area (TPSA) is 101 Å². The SMILES string of the molecule is CN(C(=O)c1cc(F)ccc1[N+](=O)[O-])C(C)(C)C(=O)O. The Bertz CT molecular complexity index is 585. The van der Waals surface area contributed by atoms with E-state index in [-0.39, 0.29) is 0 Å². The number of amides is 1. The Kier molecular flexibility index (Phi) is 4.07. The van der Waals surface area contributed by atoms with Gasteiger partial charge < -0.3 is 10.0 Å². The number of nitrogens with zero attached hydrogens (tertiary/aromatic N) is 2. The molecule has 108 valence electrons. The van der Waals surface area contributed by atoms with E-state index in [2.05, 4.69) is 0 Å². The largest absolute Gasteiger partial charge is 0.480 e. The molecule has 20 heavy (non-hydrogen) atoms. The van der Waals surface area contributed by atoms with Gasteiger partial charge in [0.2, 0.25) is 0 Å². The molecular weight excluding hydrogens is 271 g/mol. The summed E-state index contributed by atoms with van der Waals surface area (Å²) in [5, 5.41) is 19.9. The van der Waals surface area contributed by atoms with Crippen LogP contribution in [-0.2, 0) is 4.79 Å². The summed E-state index contributed by atoms with van der Waals surface area (Å²) in [4.78, 5) is 34.1. The molecule has 0 aliphatic carbocycles. The molecule has 0 aliphatic heterocycles. The summed E-state index contributed by atoms with van der Waals surface area (Å²) in [5.74, 6) is -3.04. The van der Waals surface area contributed by atoms with Crippen LogP contribution in [0.25, 0.3) is 0 Å². The molecule has 0 saturated heterocycles. The van der Waals surface area contributed by atoms with Crippen LogP contribution in [0.2, 0.25) is 0 Å². The Morgan fingerprint density at radius 2 is 1.95 bits per heavy atom. The molecule has 1 N–H and O–H groups in total. The molecule has 0 heterocycles. The normalized spacial score (nSPS) is 11.0. The van der Waals surface area contributed by atoms with Crippen molar-refractivity contribution >= 4 is 17.6 Å². The van der Waals surface area contributed by atoms with Crippen LogP contribution < -0.4 is 0 Å². The molecular formula is C12H13FN2O5. The number of carboxylic acids is 1. The van der Waals surface area contributed by atoms with E-state index in [1.807, 2.05) is 0 Å². The van der Waals surface area contributed by atoms with E-state index < -0.39 is 39.4 Å². The van der Waals surface area contributed by atoms with Crippen molar-refractivity contribution in [3.05, 3.63) is 39.7 Å². The maximum absolute atomic E-state index is 13.2. The second-order valence-electron chi connectivity index (χ2n) is 4.65. The third-order valence-corrected chi connectivity index (χ3v) is 3.05. The molecule has 1 rings (SSSR count). The molecule has 0 saturated carbocycles. The predicted molar refractivity (Wildman–Crippen MR) is 66.9 cm³/mol. The molecule has 0 atom stereocenters. The minimum atomic E-state index is -1.59. The number of nitro groups is 1. The number of rotatable bonds is 4. The Morgan fingerprint density at radius 1 is 1.40 bits per heavy atom. The molecule has 0 radical (unpaired) electrons. The lowest BCUT2D eigenvalue weighted by atomic mass is 10.0. The van der Waals surface area contributed by atoms with E-state index in [0.717, 1.165) is 23.1 Å². The van der Waals surface area contributed by atoms with Crippen LogP contribution in [0, 0.1) is 15.9 Å². The number of carbonyl (C=O) groups excluding carboxylic acids is 1. The molecule has 0 aromatic heterocycles. The summed E-state index contributed by atoms with van der Waals surface area (Å²) in [5.41, 5.74) is -2.66. The minimum absolute atomic E-state index is 0.494. The second kappa shape index (κ2) is 5.24. The lowest BCUT2D eigenvalue weighted by molar-refractivity contribution is -0.385. The predicted octanol–water partition coefficient (Wildman–Crippen LogP) is 1.67. The minimum Gasteiger partial charge on any atom is -0.480 e. The highest BCUT2D eigenvalue weighted by atomic mass is 19.1. The highest BCUT2D eigenvalue weighted by Gasteiger charge is 2.37. The Morgan fingerprint density at radius 3 is 2.40 bits per heavy atom. The first-order valence-corrected chi connectivity index (χ1v) is 5.54. The molecule has 0 bridgehead atoms. The Hall–Kier alpha value is -2.51. The van der Waals surface area contributed by atoms with Gasteiger partial charge in [-0.15, -0.1) is 0 Å². The highest BCUT2D eigenvalue weighted by molar-refractivity contribution is 6.00. The number of carboxylic acid groups (broad SMARTS) is 1. The summed E-state index contributed by atoms with van der Waals surface area (Å²) in [6.45, 7) is 2.52. The number of halogens is 1. The van der Waals surface area contributed by atoms with Gasteiger partial charge in [0.1, 0.15) is 16.9 Å². The summed E-state index contributed by atoms with van der Waals surface area (Å²) in [7, 11) is 1.19. The van der Waals surface area contributed by atoms with Crippen molar-refractivity contribution in [3.8, 4) is 0 Å². The maximum Gasteiger partial charge on any atom is 0.329 e. The van der Waals surface area contributed by atoms with Gasteiger partial charge in [0, 0.05) is 13.1 Å². The molecule has 0 fully saturated rings. The summed E-state index contributed by atoms with van der Waals surface area (Å²) < 4.78 is 13.2. The van der Waals surface area contributed by atoms with E-state index in [0.29, 0.717) is 0 Å². The molecule has 0 unspecified atom stereocenters. The van der Waals surface area contributed by atoms with Gasteiger partial charge in [0.05, 0.1) is 4.92 Å². The van der Waals surface area contributed by atoms with Gasteiger partial charge in [-0.2, -0.15) is 0 Å². The van der Waals surface area contributed by atoms with Crippen LogP contribution in [-0.4, -0.2) is 39.4 Å². The van der Waals surface area contributed by atoms with Gasteiger partial charge >= 0.3 is 5.97 Å². The fourth-order valence-corrected chi connectivity index (χ4v) is 1.42. The average molecular weight is 284 g/mol.